The maximum absolute atomic E-state index is 12.5. The van der Waals surface area contributed by atoms with Gasteiger partial charge in [-0.2, -0.15) is 0 Å². The van der Waals surface area contributed by atoms with Gasteiger partial charge >= 0.3 is 0 Å². The smallest absolute Gasteiger partial charge is 0.270 e. The summed E-state index contributed by atoms with van der Waals surface area (Å²) in [5, 5.41) is 10.8. The Morgan fingerprint density at radius 1 is 0.880 bits per heavy atom. The Morgan fingerprint density at radius 3 is 2.16 bits per heavy atom. The minimum atomic E-state index is -1.12. The molecule has 2 aromatic carbocycles. The maximum atomic E-state index is 12.5. The van der Waals surface area contributed by atoms with Gasteiger partial charge in [-0.1, -0.05) is 48.5 Å². The highest BCUT2D eigenvalue weighted by molar-refractivity contribution is 6.00. The molecule has 1 aromatic heterocycles. The van der Waals surface area contributed by atoms with E-state index in [-0.39, 0.29) is 18.7 Å². The first-order valence-corrected chi connectivity index (χ1v) is 7.97. The first-order valence-electron chi connectivity index (χ1n) is 7.97. The van der Waals surface area contributed by atoms with E-state index in [0.717, 1.165) is 11.3 Å². The van der Waals surface area contributed by atoms with Crippen molar-refractivity contribution in [1.82, 2.24) is 4.68 Å². The lowest BCUT2D eigenvalue weighted by atomic mass is 10.2. The van der Waals surface area contributed by atoms with Crippen molar-refractivity contribution in [2.75, 3.05) is 5.43 Å². The van der Waals surface area contributed by atoms with Gasteiger partial charge in [-0.25, -0.2) is 0 Å². The zero-order valence-corrected chi connectivity index (χ0v) is 13.5. The molecule has 25 heavy (non-hydrogen) atoms. The molecule has 0 saturated heterocycles. The summed E-state index contributed by atoms with van der Waals surface area (Å²) in [5.74, 6) is -1.38. The van der Waals surface area contributed by atoms with E-state index in [1.165, 1.54) is 0 Å². The van der Waals surface area contributed by atoms with Gasteiger partial charge in [0.1, 0.15) is 0 Å². The monoisotopic (exact) mass is 333 g/mol. The lowest BCUT2D eigenvalue weighted by Gasteiger charge is -2.15. The Labute approximate surface area is 145 Å². The van der Waals surface area contributed by atoms with Gasteiger partial charge in [-0.05, 0) is 37.1 Å². The van der Waals surface area contributed by atoms with E-state index >= 15 is 0 Å². The van der Waals surface area contributed by atoms with Crippen LogP contribution in [0.4, 0.5) is 0 Å². The third kappa shape index (κ3) is 3.95. The van der Waals surface area contributed by atoms with Crippen LogP contribution in [0.15, 0.2) is 72.8 Å². The van der Waals surface area contributed by atoms with Crippen LogP contribution in [0.2, 0.25) is 0 Å². The van der Waals surface area contributed by atoms with E-state index in [2.05, 4.69) is 5.43 Å². The molecule has 3 aromatic rings. The summed E-state index contributed by atoms with van der Waals surface area (Å²) < 4.78 is 1.65. The van der Waals surface area contributed by atoms with Crippen molar-refractivity contribution in [3.8, 4) is 11.3 Å². The SMILES string of the molecule is O=C([O-])CCc1ccc(-c2ccccc2)n1NC(=O)c1ccccc1. The lowest BCUT2D eigenvalue weighted by molar-refractivity contribution is -0.305. The summed E-state index contributed by atoms with van der Waals surface area (Å²) in [4.78, 5) is 23.3. The van der Waals surface area contributed by atoms with Crippen molar-refractivity contribution in [3.63, 3.8) is 0 Å². The molecule has 1 heterocycles. The van der Waals surface area contributed by atoms with Crippen molar-refractivity contribution in [2.45, 2.75) is 12.8 Å². The zero-order valence-electron chi connectivity index (χ0n) is 13.5. The molecule has 0 fully saturated rings. The average Bonchev–Trinajstić information content (AvgIpc) is 3.04. The van der Waals surface area contributed by atoms with Crippen LogP contribution in [-0.4, -0.2) is 16.6 Å². The molecule has 0 radical (unpaired) electrons. The fourth-order valence-electron chi connectivity index (χ4n) is 2.63. The molecule has 3 rings (SSSR count). The maximum Gasteiger partial charge on any atom is 0.270 e. The van der Waals surface area contributed by atoms with Crippen LogP contribution in [-0.2, 0) is 11.2 Å². The molecular weight excluding hydrogens is 316 g/mol. The van der Waals surface area contributed by atoms with Gasteiger partial charge in [0.25, 0.3) is 5.91 Å². The topological polar surface area (TPSA) is 74.2 Å². The first-order chi connectivity index (χ1) is 12.1. The number of aromatic nitrogens is 1. The van der Waals surface area contributed by atoms with E-state index in [1.54, 1.807) is 28.9 Å². The molecule has 0 saturated carbocycles. The molecule has 0 bridgehead atoms. The van der Waals surface area contributed by atoms with Crippen LogP contribution in [0, 0.1) is 0 Å². The average molecular weight is 333 g/mol. The predicted molar refractivity (Wildman–Crippen MR) is 93.3 cm³/mol. The minimum absolute atomic E-state index is 0.112. The van der Waals surface area contributed by atoms with Crippen LogP contribution in [0.3, 0.4) is 0 Å². The molecular formula is C20H17N2O3-. The van der Waals surface area contributed by atoms with Crippen LogP contribution >= 0.6 is 0 Å². The fourth-order valence-corrected chi connectivity index (χ4v) is 2.63. The molecule has 5 heteroatoms. The Balaban J connectivity index is 1.94. The van der Waals surface area contributed by atoms with Crippen LogP contribution in [0.25, 0.3) is 11.3 Å². The Bertz CT molecular complexity index is 870. The number of carbonyl (C=O) groups is 2. The highest BCUT2D eigenvalue weighted by Crippen LogP contribution is 2.22. The molecule has 0 atom stereocenters. The third-order valence-corrected chi connectivity index (χ3v) is 3.87. The first kappa shape index (κ1) is 16.5. The second kappa shape index (κ2) is 7.49. The summed E-state index contributed by atoms with van der Waals surface area (Å²) in [6.45, 7) is 0. The number of carboxylic acids is 1. The van der Waals surface area contributed by atoms with Crippen molar-refractivity contribution in [3.05, 3.63) is 84.1 Å². The molecule has 5 nitrogen and oxygen atoms in total. The molecule has 0 aliphatic rings. The molecule has 0 spiro atoms. The van der Waals surface area contributed by atoms with Crippen LogP contribution < -0.4 is 10.5 Å². The van der Waals surface area contributed by atoms with Crippen LogP contribution in [0.5, 0.6) is 0 Å². The summed E-state index contributed by atoms with van der Waals surface area (Å²) >= 11 is 0. The number of hydrogen-bond acceptors (Lipinski definition) is 3. The van der Waals surface area contributed by atoms with Gasteiger partial charge in [0.05, 0.1) is 5.69 Å². The molecule has 0 unspecified atom stereocenters. The van der Waals surface area contributed by atoms with Crippen molar-refractivity contribution < 1.29 is 14.7 Å². The molecule has 0 aliphatic heterocycles. The molecule has 126 valence electrons. The number of amides is 1. The second-order valence-corrected chi connectivity index (χ2v) is 5.59. The summed E-state index contributed by atoms with van der Waals surface area (Å²) in [6, 6.07) is 22.2. The van der Waals surface area contributed by atoms with Gasteiger partial charge in [0.15, 0.2) is 0 Å². The zero-order chi connectivity index (χ0) is 17.6. The van der Waals surface area contributed by atoms with Gasteiger partial charge in [0, 0.05) is 22.8 Å². The Morgan fingerprint density at radius 2 is 1.52 bits per heavy atom. The highest BCUT2D eigenvalue weighted by Gasteiger charge is 2.13. The van der Waals surface area contributed by atoms with E-state index in [9.17, 15) is 14.7 Å². The summed E-state index contributed by atoms with van der Waals surface area (Å²) in [6.07, 6.45) is 0.156. The summed E-state index contributed by atoms with van der Waals surface area (Å²) in [7, 11) is 0. The summed E-state index contributed by atoms with van der Waals surface area (Å²) in [5.41, 5.74) is 5.81. The normalized spacial score (nSPS) is 10.4. The minimum Gasteiger partial charge on any atom is -0.550 e. The van der Waals surface area contributed by atoms with Crippen molar-refractivity contribution >= 4 is 11.9 Å². The third-order valence-electron chi connectivity index (χ3n) is 3.87. The number of carbonyl (C=O) groups excluding carboxylic acids is 2. The van der Waals surface area contributed by atoms with E-state index < -0.39 is 5.97 Å². The fraction of sp³-hybridized carbons (Fsp3) is 0.100. The molecule has 0 aliphatic carbocycles. The van der Waals surface area contributed by atoms with Gasteiger partial charge in [0.2, 0.25) is 0 Å². The van der Waals surface area contributed by atoms with Gasteiger partial charge in [-0.15, -0.1) is 0 Å². The largest absolute Gasteiger partial charge is 0.550 e. The predicted octanol–water partition coefficient (Wildman–Crippen LogP) is 2.22. The lowest BCUT2D eigenvalue weighted by Crippen LogP contribution is -2.27. The Kier molecular flexibility index (Phi) is 4.95. The number of benzene rings is 2. The number of nitrogens with one attached hydrogen (secondary N) is 1. The van der Waals surface area contributed by atoms with Gasteiger partial charge < -0.3 is 9.90 Å². The number of nitrogens with zero attached hydrogens (tertiary/aromatic N) is 1. The van der Waals surface area contributed by atoms with E-state index in [1.807, 2.05) is 48.5 Å². The number of rotatable bonds is 6. The van der Waals surface area contributed by atoms with Crippen LogP contribution in [0.1, 0.15) is 22.5 Å². The number of aryl methyl sites for hydroxylation is 1. The number of aliphatic carboxylic acids is 1. The van der Waals surface area contributed by atoms with E-state index in [0.29, 0.717) is 11.3 Å². The molecule has 1 amide bonds. The quantitative estimate of drug-likeness (QED) is 0.752. The van der Waals surface area contributed by atoms with Gasteiger partial charge in [-0.3, -0.25) is 14.9 Å². The standard InChI is InChI=1S/C20H18N2O3/c23-19(24)14-12-17-11-13-18(15-7-3-1-4-8-15)22(17)21-20(25)16-9-5-2-6-10-16/h1-11,13H,12,14H2,(H,21,25)(H,23,24)/p-1. The van der Waals surface area contributed by atoms with Crippen molar-refractivity contribution in [2.24, 2.45) is 0 Å². The highest BCUT2D eigenvalue weighted by atomic mass is 16.4. The second-order valence-electron chi connectivity index (χ2n) is 5.59. The molecule has 1 N–H and O–H groups in total. The van der Waals surface area contributed by atoms with E-state index in [4.69, 9.17) is 0 Å². The number of hydrogen-bond donors (Lipinski definition) is 1. The Hall–Kier alpha value is -3.34. The van der Waals surface area contributed by atoms with Crippen molar-refractivity contribution in [1.29, 1.82) is 0 Å². The number of carboxylic acid groups (broad SMARTS) is 1.